The number of aromatic hydroxyl groups is 2. The maximum Gasteiger partial charge on any atom is 0.115 e. The van der Waals surface area contributed by atoms with Gasteiger partial charge in [0, 0.05) is 0 Å². The molecule has 0 radical (unpaired) electrons. The van der Waals surface area contributed by atoms with Gasteiger partial charge < -0.3 is 10.2 Å². The van der Waals surface area contributed by atoms with Crippen LogP contribution in [0.15, 0.2) is 91.0 Å². The van der Waals surface area contributed by atoms with E-state index in [1.807, 2.05) is 18.2 Å². The van der Waals surface area contributed by atoms with Crippen molar-refractivity contribution in [3.63, 3.8) is 0 Å². The molecule has 0 saturated carbocycles. The van der Waals surface area contributed by atoms with Gasteiger partial charge in [0.15, 0.2) is 0 Å². The van der Waals surface area contributed by atoms with Crippen LogP contribution in [0, 0.1) is 0 Å². The molecular weight excluding hydrogens is 284 g/mol. The van der Waals surface area contributed by atoms with E-state index < -0.39 is 0 Å². The van der Waals surface area contributed by atoms with Crippen molar-refractivity contribution in [1.29, 1.82) is 0 Å². The fourth-order valence-electron chi connectivity index (χ4n) is 1.69. The normalized spacial score (nSPS) is 9.17. The molecule has 23 heavy (non-hydrogen) atoms. The van der Waals surface area contributed by atoms with E-state index in [0.717, 1.165) is 0 Å². The molecule has 120 valence electrons. The highest BCUT2D eigenvalue weighted by molar-refractivity contribution is 5.19. The van der Waals surface area contributed by atoms with E-state index in [2.05, 4.69) is 38.1 Å². The molecule has 2 heteroatoms. The second-order valence-electron chi connectivity index (χ2n) is 5.24. The van der Waals surface area contributed by atoms with Gasteiger partial charge in [0.25, 0.3) is 0 Å². The second-order valence-corrected chi connectivity index (χ2v) is 5.24. The standard InChI is InChI=1S/C9H12.2C6H6O/c1-8(2)9-6-4-3-5-7-9;2*7-6-4-2-1-3-5-6/h3-8H,1-2H3;2*1-5,7H. The predicted molar refractivity (Wildman–Crippen MR) is 96.7 cm³/mol. The third kappa shape index (κ3) is 8.99. The van der Waals surface area contributed by atoms with Gasteiger partial charge in [-0.05, 0) is 35.7 Å². The number of phenols is 2. The summed E-state index contributed by atoms with van der Waals surface area (Å²) in [5.41, 5.74) is 1.41. The fraction of sp³-hybridized carbons (Fsp3) is 0.143. The van der Waals surface area contributed by atoms with Gasteiger partial charge in [-0.3, -0.25) is 0 Å². The summed E-state index contributed by atoms with van der Waals surface area (Å²) >= 11 is 0. The lowest BCUT2D eigenvalue weighted by Gasteiger charge is -2.01. The van der Waals surface area contributed by atoms with Crippen molar-refractivity contribution in [2.75, 3.05) is 0 Å². The third-order valence-electron chi connectivity index (χ3n) is 2.98. The summed E-state index contributed by atoms with van der Waals surface area (Å²) in [5.74, 6) is 1.30. The molecule has 0 aliphatic rings. The molecule has 0 heterocycles. The minimum absolute atomic E-state index is 0.322. The molecule has 3 rings (SSSR count). The minimum atomic E-state index is 0.322. The molecule has 3 aromatic carbocycles. The van der Waals surface area contributed by atoms with Crippen LogP contribution >= 0.6 is 0 Å². The highest BCUT2D eigenvalue weighted by atomic mass is 16.3. The van der Waals surface area contributed by atoms with Crippen LogP contribution in [-0.4, -0.2) is 10.2 Å². The van der Waals surface area contributed by atoms with Gasteiger partial charge in [-0.2, -0.15) is 0 Å². The average Bonchev–Trinajstić information content (AvgIpc) is 2.58. The Morgan fingerprint density at radius 2 is 0.826 bits per heavy atom. The molecule has 3 aromatic rings. The van der Waals surface area contributed by atoms with Crippen molar-refractivity contribution in [2.45, 2.75) is 19.8 Å². The zero-order chi connectivity index (χ0) is 16.9. The highest BCUT2D eigenvalue weighted by Gasteiger charge is 1.93. The van der Waals surface area contributed by atoms with Gasteiger partial charge in [-0.1, -0.05) is 80.6 Å². The van der Waals surface area contributed by atoms with Crippen LogP contribution in [0.25, 0.3) is 0 Å². The smallest absolute Gasteiger partial charge is 0.115 e. The number of phenolic OH excluding ortho intramolecular Hbond substituents is 2. The Hall–Kier alpha value is -2.74. The maximum absolute atomic E-state index is 8.63. The first kappa shape index (κ1) is 18.3. The quantitative estimate of drug-likeness (QED) is 0.615. The maximum atomic E-state index is 8.63. The zero-order valence-corrected chi connectivity index (χ0v) is 13.6. The topological polar surface area (TPSA) is 40.5 Å². The molecule has 0 unspecified atom stereocenters. The highest BCUT2D eigenvalue weighted by Crippen LogP contribution is 2.11. The summed E-state index contributed by atoms with van der Waals surface area (Å²) in [4.78, 5) is 0. The van der Waals surface area contributed by atoms with Crippen molar-refractivity contribution in [2.24, 2.45) is 0 Å². The lowest BCUT2D eigenvalue weighted by atomic mass is 10.0. The summed E-state index contributed by atoms with van der Waals surface area (Å²) in [6, 6.07) is 27.9. The van der Waals surface area contributed by atoms with Crippen molar-refractivity contribution in [3.8, 4) is 11.5 Å². The van der Waals surface area contributed by atoms with E-state index in [4.69, 9.17) is 10.2 Å². The number of rotatable bonds is 1. The van der Waals surface area contributed by atoms with Gasteiger partial charge in [0.2, 0.25) is 0 Å². The average molecular weight is 308 g/mol. The van der Waals surface area contributed by atoms with Crippen molar-refractivity contribution < 1.29 is 10.2 Å². The first-order valence-corrected chi connectivity index (χ1v) is 7.62. The number of hydrogen-bond acceptors (Lipinski definition) is 2. The van der Waals surface area contributed by atoms with E-state index in [1.54, 1.807) is 48.5 Å². The molecule has 2 nitrogen and oxygen atoms in total. The Balaban J connectivity index is 0.000000175. The van der Waals surface area contributed by atoms with Crippen LogP contribution in [0.2, 0.25) is 0 Å². The van der Waals surface area contributed by atoms with E-state index in [9.17, 15) is 0 Å². The molecule has 0 spiro atoms. The number of hydrogen-bond donors (Lipinski definition) is 2. The Kier molecular flexibility index (Phi) is 8.69. The lowest BCUT2D eigenvalue weighted by Crippen LogP contribution is -1.83. The third-order valence-corrected chi connectivity index (χ3v) is 2.98. The van der Waals surface area contributed by atoms with E-state index in [1.165, 1.54) is 5.56 Å². The molecule has 2 N–H and O–H groups in total. The Bertz CT molecular complexity index is 582. The molecule has 0 atom stereocenters. The number of para-hydroxylation sites is 2. The molecule has 0 fully saturated rings. The van der Waals surface area contributed by atoms with Gasteiger partial charge in [0.05, 0.1) is 0 Å². The Morgan fingerprint density at radius 3 is 1.00 bits per heavy atom. The first-order chi connectivity index (χ1) is 11.1. The largest absolute Gasteiger partial charge is 0.508 e. The minimum Gasteiger partial charge on any atom is -0.508 e. The molecule has 0 aliphatic heterocycles. The van der Waals surface area contributed by atoms with Crippen molar-refractivity contribution in [3.05, 3.63) is 96.6 Å². The van der Waals surface area contributed by atoms with Gasteiger partial charge in [-0.25, -0.2) is 0 Å². The van der Waals surface area contributed by atoms with Gasteiger partial charge in [-0.15, -0.1) is 0 Å². The SMILES string of the molecule is CC(C)c1ccccc1.Oc1ccccc1.Oc1ccccc1. The molecule has 0 amide bonds. The van der Waals surface area contributed by atoms with Crippen LogP contribution in [-0.2, 0) is 0 Å². The van der Waals surface area contributed by atoms with Crippen LogP contribution in [0.1, 0.15) is 25.3 Å². The molecule has 0 saturated heterocycles. The molecule has 0 bridgehead atoms. The van der Waals surface area contributed by atoms with Crippen molar-refractivity contribution in [1.82, 2.24) is 0 Å². The monoisotopic (exact) mass is 308 g/mol. The second kappa shape index (κ2) is 10.9. The van der Waals surface area contributed by atoms with Gasteiger partial charge >= 0.3 is 0 Å². The lowest BCUT2D eigenvalue weighted by molar-refractivity contribution is 0.475. The van der Waals surface area contributed by atoms with Gasteiger partial charge in [0.1, 0.15) is 11.5 Å². The predicted octanol–water partition coefficient (Wildman–Crippen LogP) is 5.59. The summed E-state index contributed by atoms with van der Waals surface area (Å²) < 4.78 is 0. The summed E-state index contributed by atoms with van der Waals surface area (Å²) in [5, 5.41) is 17.3. The fourth-order valence-corrected chi connectivity index (χ4v) is 1.69. The van der Waals surface area contributed by atoms with Crippen molar-refractivity contribution >= 4 is 0 Å². The summed E-state index contributed by atoms with van der Waals surface area (Å²) in [7, 11) is 0. The van der Waals surface area contributed by atoms with Crippen LogP contribution in [0.4, 0.5) is 0 Å². The van der Waals surface area contributed by atoms with Crippen LogP contribution in [0.3, 0.4) is 0 Å². The summed E-state index contributed by atoms with van der Waals surface area (Å²) in [6.07, 6.45) is 0. The van der Waals surface area contributed by atoms with E-state index >= 15 is 0 Å². The van der Waals surface area contributed by atoms with Crippen LogP contribution < -0.4 is 0 Å². The van der Waals surface area contributed by atoms with E-state index in [0.29, 0.717) is 17.4 Å². The summed E-state index contributed by atoms with van der Waals surface area (Å²) in [6.45, 7) is 4.41. The molecular formula is C21H24O2. The van der Waals surface area contributed by atoms with Crippen LogP contribution in [0.5, 0.6) is 11.5 Å². The number of benzene rings is 3. The van der Waals surface area contributed by atoms with E-state index in [-0.39, 0.29) is 0 Å². The zero-order valence-electron chi connectivity index (χ0n) is 13.6. The molecule has 0 aromatic heterocycles. The molecule has 0 aliphatic carbocycles. The first-order valence-electron chi connectivity index (χ1n) is 7.62. The Labute approximate surface area is 138 Å². The Morgan fingerprint density at radius 1 is 0.522 bits per heavy atom.